The third kappa shape index (κ3) is 6.98. The zero-order valence-electron chi connectivity index (χ0n) is 15.5. The molecule has 27 heavy (non-hydrogen) atoms. The molecule has 0 spiro atoms. The molecule has 0 saturated heterocycles. The van der Waals surface area contributed by atoms with Gasteiger partial charge < -0.3 is 9.24 Å². The van der Waals surface area contributed by atoms with Gasteiger partial charge in [0.1, 0.15) is 0 Å². The van der Waals surface area contributed by atoms with Crippen LogP contribution in [0.15, 0.2) is 121 Å². The number of hydrogen-bond donors (Lipinski definition) is 0. The summed E-state index contributed by atoms with van der Waals surface area (Å²) in [4.78, 5) is 0. The minimum absolute atomic E-state index is 0. The van der Waals surface area contributed by atoms with Crippen LogP contribution in [0, 0.1) is 0 Å². The third-order valence-electron chi connectivity index (χ3n) is 3.96. The van der Waals surface area contributed by atoms with Crippen molar-refractivity contribution in [3.05, 3.63) is 121 Å². The van der Waals surface area contributed by atoms with Gasteiger partial charge in [-0.3, -0.25) is 0 Å². The second-order valence-electron chi connectivity index (χ2n) is 5.84. The summed E-state index contributed by atoms with van der Waals surface area (Å²) < 4.78 is 4.59. The van der Waals surface area contributed by atoms with Crippen molar-refractivity contribution in [3.63, 3.8) is 0 Å². The van der Waals surface area contributed by atoms with Crippen LogP contribution in [0.3, 0.4) is 0 Å². The Morgan fingerprint density at radius 3 is 0.889 bits per heavy atom. The molecule has 0 aliphatic heterocycles. The average molecular weight is 466 g/mol. The third-order valence-corrected chi connectivity index (χ3v) is 12.1. The Morgan fingerprint density at radius 2 is 0.667 bits per heavy atom. The van der Waals surface area contributed by atoms with Gasteiger partial charge in [0.05, 0.1) is 0 Å². The van der Waals surface area contributed by atoms with Gasteiger partial charge in [-0.15, -0.1) is 0 Å². The summed E-state index contributed by atoms with van der Waals surface area (Å²) >= 11 is -1.98. The van der Waals surface area contributed by atoms with E-state index in [2.05, 4.69) is 100 Å². The quantitative estimate of drug-likeness (QED) is 0.308. The fourth-order valence-electron chi connectivity index (χ4n) is 2.75. The van der Waals surface area contributed by atoms with Crippen molar-refractivity contribution in [2.45, 2.75) is 0 Å². The standard InChI is InChI=1S/C6H6P.3C6H5.Li.Sn/c7-6-4-2-1-3-5-6;3*1-2-4-6-5-3-1;;/h1-5,7H;3*1-5H;;/q-1;;;;+1;. The van der Waals surface area contributed by atoms with E-state index in [4.69, 9.17) is 0 Å². The predicted octanol–water partition coefficient (Wildman–Crippen LogP) is 0.662. The predicted molar refractivity (Wildman–Crippen MR) is 118 cm³/mol. The fourth-order valence-corrected chi connectivity index (χ4v) is 10.3. The molecule has 0 aliphatic carbocycles. The molecule has 0 nitrogen and oxygen atoms in total. The van der Waals surface area contributed by atoms with Crippen LogP contribution in [-0.4, -0.2) is 19.8 Å². The van der Waals surface area contributed by atoms with E-state index in [1.165, 1.54) is 10.7 Å². The molecule has 0 aromatic heterocycles. The van der Waals surface area contributed by atoms with Crippen molar-refractivity contribution in [3.8, 4) is 0 Å². The van der Waals surface area contributed by atoms with Crippen molar-refractivity contribution in [2.75, 3.05) is 0 Å². The van der Waals surface area contributed by atoms with Crippen LogP contribution in [0.1, 0.15) is 0 Å². The van der Waals surface area contributed by atoms with Gasteiger partial charge >= 0.3 is 140 Å². The van der Waals surface area contributed by atoms with Crippen molar-refractivity contribution in [1.29, 1.82) is 0 Å². The maximum atomic E-state index is 3.36. The average Bonchev–Trinajstić information content (AvgIpc) is 2.72. The Labute approximate surface area is 184 Å². The van der Waals surface area contributed by atoms with Crippen molar-refractivity contribution < 1.29 is 18.9 Å². The van der Waals surface area contributed by atoms with Crippen LogP contribution in [0.4, 0.5) is 0 Å². The second-order valence-corrected chi connectivity index (χ2v) is 13.5. The molecule has 4 aromatic rings. The monoisotopic (exact) mass is 467 g/mol. The maximum absolute atomic E-state index is 3.36. The summed E-state index contributed by atoms with van der Waals surface area (Å²) in [6.45, 7) is 0. The van der Waals surface area contributed by atoms with Crippen LogP contribution in [0.2, 0.25) is 0 Å². The van der Waals surface area contributed by atoms with Crippen molar-refractivity contribution in [1.82, 2.24) is 0 Å². The van der Waals surface area contributed by atoms with E-state index in [1.54, 1.807) is 0 Å². The minimum atomic E-state index is -1.98. The molecule has 3 heteroatoms. The van der Waals surface area contributed by atoms with Gasteiger partial charge in [-0.05, 0) is 0 Å². The first-order valence-corrected chi connectivity index (χ1v) is 13.4. The van der Waals surface area contributed by atoms with Gasteiger partial charge in [-0.2, -0.15) is 0 Å². The molecule has 0 atom stereocenters. The van der Waals surface area contributed by atoms with Gasteiger partial charge in [0.2, 0.25) is 0 Å². The van der Waals surface area contributed by atoms with Gasteiger partial charge in [-0.1, -0.05) is 30.3 Å². The SMILES string of the molecule is [Li+].[PH-]c1ccccc1.c1cc[c]([Sn]([c]2ccccc2)[c]2ccccc2)cc1. The molecule has 1 radical (unpaired) electrons. The molecule has 0 amide bonds. The first kappa shape index (κ1) is 22.0. The molecule has 0 unspecified atom stereocenters. The van der Waals surface area contributed by atoms with Gasteiger partial charge in [0, 0.05) is 0 Å². The molecular weight excluding hydrogens is 445 g/mol. The van der Waals surface area contributed by atoms with Crippen LogP contribution in [0.5, 0.6) is 0 Å². The zero-order valence-corrected chi connectivity index (χ0v) is 19.4. The molecule has 0 fully saturated rings. The molecule has 4 rings (SSSR count). The first-order chi connectivity index (χ1) is 12.8. The van der Waals surface area contributed by atoms with Crippen LogP contribution >= 0.6 is 9.24 Å². The molecular formula is C24H21LiPSn. The number of rotatable bonds is 3. The molecule has 0 heterocycles. The molecule has 0 aliphatic rings. The zero-order chi connectivity index (χ0) is 18.0. The van der Waals surface area contributed by atoms with Gasteiger partial charge in [-0.25, -0.2) is 5.30 Å². The normalized spacial score (nSPS) is 9.70. The Morgan fingerprint density at radius 1 is 0.407 bits per heavy atom. The Balaban J connectivity index is 0.000000278. The van der Waals surface area contributed by atoms with E-state index in [0.29, 0.717) is 0 Å². The number of benzene rings is 4. The second kappa shape index (κ2) is 12.2. The molecule has 0 saturated carbocycles. The van der Waals surface area contributed by atoms with E-state index in [-0.39, 0.29) is 18.9 Å². The van der Waals surface area contributed by atoms with E-state index in [0.717, 1.165) is 5.30 Å². The molecule has 4 aromatic carbocycles. The Bertz CT molecular complexity index is 790. The summed E-state index contributed by atoms with van der Waals surface area (Å²) in [5, 5.41) is 1.13. The summed E-state index contributed by atoms with van der Waals surface area (Å²) in [5.74, 6) is 0. The Hall–Kier alpha value is -1.29. The van der Waals surface area contributed by atoms with Crippen molar-refractivity contribution in [2.24, 2.45) is 0 Å². The van der Waals surface area contributed by atoms with Crippen molar-refractivity contribution >= 4 is 45.0 Å². The van der Waals surface area contributed by atoms with E-state index >= 15 is 0 Å². The topological polar surface area (TPSA) is 0 Å². The number of hydrogen-bond acceptors (Lipinski definition) is 0. The van der Waals surface area contributed by atoms with Crippen LogP contribution in [-0.2, 0) is 0 Å². The van der Waals surface area contributed by atoms with Crippen LogP contribution < -0.4 is 34.9 Å². The van der Waals surface area contributed by atoms with E-state index < -0.39 is 19.8 Å². The Kier molecular flexibility index (Phi) is 9.96. The summed E-state index contributed by atoms with van der Waals surface area (Å²) in [7, 11) is 3.36. The molecule has 0 bridgehead atoms. The molecule has 127 valence electrons. The molecule has 0 N–H and O–H groups in total. The van der Waals surface area contributed by atoms with E-state index in [1.807, 2.05) is 30.3 Å². The van der Waals surface area contributed by atoms with Gasteiger partial charge in [0.15, 0.2) is 0 Å². The summed E-state index contributed by atoms with van der Waals surface area (Å²) in [5.41, 5.74) is 0. The first-order valence-electron chi connectivity index (χ1n) is 8.64. The summed E-state index contributed by atoms with van der Waals surface area (Å²) in [6.07, 6.45) is 0. The summed E-state index contributed by atoms with van der Waals surface area (Å²) in [6, 6.07) is 42.9. The van der Waals surface area contributed by atoms with Gasteiger partial charge in [0.25, 0.3) is 0 Å². The van der Waals surface area contributed by atoms with E-state index in [9.17, 15) is 0 Å². The fraction of sp³-hybridized carbons (Fsp3) is 0. The van der Waals surface area contributed by atoms with Crippen LogP contribution in [0.25, 0.3) is 0 Å².